The summed E-state index contributed by atoms with van der Waals surface area (Å²) in [5.41, 5.74) is 3.77. The zero-order valence-electron chi connectivity index (χ0n) is 12.3. The van der Waals surface area contributed by atoms with Gasteiger partial charge in [-0.25, -0.2) is 10.2 Å². The average Bonchev–Trinajstić information content (AvgIpc) is 3.22. The number of para-hydroxylation sites is 1. The van der Waals surface area contributed by atoms with Gasteiger partial charge in [0.1, 0.15) is 11.4 Å². The molecule has 0 fully saturated rings. The minimum absolute atomic E-state index is 0.290. The molecule has 1 amide bonds. The second-order valence-electron chi connectivity index (χ2n) is 4.62. The van der Waals surface area contributed by atoms with Gasteiger partial charge in [-0.15, -0.1) is 0 Å². The Labute approximate surface area is 137 Å². The molecule has 118 valence electrons. The van der Waals surface area contributed by atoms with Crippen LogP contribution in [0, 0.1) is 0 Å². The molecule has 23 heavy (non-hydrogen) atoms. The maximum atomic E-state index is 12.3. The number of carbonyl (C=O) groups excluding carboxylic acids is 1. The molecule has 3 rings (SSSR count). The molecule has 0 bridgehead atoms. The molecule has 6 nitrogen and oxygen atoms in total. The molecule has 0 saturated carbocycles. The van der Waals surface area contributed by atoms with E-state index in [0.717, 1.165) is 0 Å². The molecular weight excluding hydrogens is 318 g/mol. The first kappa shape index (κ1) is 15.3. The monoisotopic (exact) mass is 331 g/mol. The number of aromatic nitrogens is 2. The highest BCUT2D eigenvalue weighted by Crippen LogP contribution is 2.25. The van der Waals surface area contributed by atoms with Gasteiger partial charge in [0.15, 0.2) is 5.76 Å². The van der Waals surface area contributed by atoms with Gasteiger partial charge in [0.05, 0.1) is 23.6 Å². The summed E-state index contributed by atoms with van der Waals surface area (Å²) in [5.74, 6) is 0.137. The van der Waals surface area contributed by atoms with Crippen LogP contribution in [0.25, 0.3) is 17.1 Å². The van der Waals surface area contributed by atoms with Gasteiger partial charge in [0.2, 0.25) is 0 Å². The predicted octanol–water partition coefficient (Wildman–Crippen LogP) is 3.47. The van der Waals surface area contributed by atoms with E-state index in [-0.39, 0.29) is 5.69 Å². The molecule has 0 aliphatic rings. The summed E-state index contributed by atoms with van der Waals surface area (Å²) in [6.45, 7) is 2.14. The summed E-state index contributed by atoms with van der Waals surface area (Å²) in [7, 11) is 0. The van der Waals surface area contributed by atoms with E-state index in [1.54, 1.807) is 43.5 Å². The lowest BCUT2D eigenvalue weighted by Crippen LogP contribution is -2.26. The van der Waals surface area contributed by atoms with Crippen LogP contribution < -0.4 is 5.48 Å². The van der Waals surface area contributed by atoms with E-state index in [9.17, 15) is 4.79 Å². The van der Waals surface area contributed by atoms with Crippen LogP contribution in [0.15, 0.2) is 53.1 Å². The molecule has 7 heteroatoms. The molecular formula is C16H14ClN3O3. The van der Waals surface area contributed by atoms with E-state index in [4.69, 9.17) is 20.9 Å². The third-order valence-electron chi connectivity index (χ3n) is 3.11. The van der Waals surface area contributed by atoms with Crippen molar-refractivity contribution in [1.82, 2.24) is 15.3 Å². The largest absolute Gasteiger partial charge is 0.463 e. The van der Waals surface area contributed by atoms with Crippen molar-refractivity contribution < 1.29 is 14.0 Å². The highest BCUT2D eigenvalue weighted by Gasteiger charge is 2.20. The van der Waals surface area contributed by atoms with Gasteiger partial charge in [-0.1, -0.05) is 23.7 Å². The number of nitrogens with one attached hydrogen (secondary N) is 1. The molecule has 3 aromatic rings. The second-order valence-corrected chi connectivity index (χ2v) is 5.03. The van der Waals surface area contributed by atoms with E-state index in [1.807, 2.05) is 12.1 Å². The molecule has 1 aromatic carbocycles. The van der Waals surface area contributed by atoms with Crippen LogP contribution in [0.1, 0.15) is 17.4 Å². The number of nitrogens with zero attached hydrogens (tertiary/aromatic N) is 2. The summed E-state index contributed by atoms with van der Waals surface area (Å²) in [5, 5.41) is 4.91. The fourth-order valence-corrected chi connectivity index (χ4v) is 2.30. The van der Waals surface area contributed by atoms with Gasteiger partial charge >= 0.3 is 0 Å². The maximum absolute atomic E-state index is 12.3. The summed E-state index contributed by atoms with van der Waals surface area (Å²) in [6, 6.07) is 12.3. The van der Waals surface area contributed by atoms with Gasteiger partial charge in [-0.3, -0.25) is 9.63 Å². The standard InChI is InChI=1S/C16H14ClN3O3/c1-2-23-19-16(21)14-10-12(15-8-5-9-22-15)18-20(14)13-7-4-3-6-11(13)17/h3-10H,2H2,1H3,(H,19,21). The van der Waals surface area contributed by atoms with E-state index in [2.05, 4.69) is 10.6 Å². The van der Waals surface area contributed by atoms with Crippen LogP contribution in [0.2, 0.25) is 5.02 Å². The first-order valence-electron chi connectivity index (χ1n) is 7.01. The summed E-state index contributed by atoms with van der Waals surface area (Å²) in [6.07, 6.45) is 1.55. The van der Waals surface area contributed by atoms with Gasteiger partial charge < -0.3 is 4.42 Å². The van der Waals surface area contributed by atoms with Crippen molar-refractivity contribution in [1.29, 1.82) is 0 Å². The predicted molar refractivity (Wildman–Crippen MR) is 85.4 cm³/mol. The lowest BCUT2D eigenvalue weighted by atomic mass is 10.3. The summed E-state index contributed by atoms with van der Waals surface area (Å²) >= 11 is 6.23. The summed E-state index contributed by atoms with van der Waals surface area (Å²) < 4.78 is 6.81. The number of amides is 1. The number of hydrogen-bond acceptors (Lipinski definition) is 4. The number of benzene rings is 1. The number of furan rings is 1. The molecule has 0 aliphatic carbocycles. The lowest BCUT2D eigenvalue weighted by molar-refractivity contribution is 0.0357. The van der Waals surface area contributed by atoms with Crippen LogP contribution in [-0.2, 0) is 4.84 Å². The van der Waals surface area contributed by atoms with E-state index in [1.165, 1.54) is 4.68 Å². The Morgan fingerprint density at radius 2 is 2.17 bits per heavy atom. The minimum Gasteiger partial charge on any atom is -0.463 e. The topological polar surface area (TPSA) is 69.3 Å². The number of hydrogen-bond donors (Lipinski definition) is 1. The van der Waals surface area contributed by atoms with Crippen molar-refractivity contribution in [3.05, 3.63) is 59.4 Å². The van der Waals surface area contributed by atoms with Crippen LogP contribution in [0.4, 0.5) is 0 Å². The Morgan fingerprint density at radius 3 is 2.87 bits per heavy atom. The lowest BCUT2D eigenvalue weighted by Gasteiger charge is -2.08. The quantitative estimate of drug-likeness (QED) is 0.727. The van der Waals surface area contributed by atoms with Crippen molar-refractivity contribution in [3.63, 3.8) is 0 Å². The average molecular weight is 332 g/mol. The van der Waals surface area contributed by atoms with E-state index < -0.39 is 5.91 Å². The third-order valence-corrected chi connectivity index (χ3v) is 3.43. The fraction of sp³-hybridized carbons (Fsp3) is 0.125. The molecule has 0 saturated heterocycles. The van der Waals surface area contributed by atoms with E-state index in [0.29, 0.717) is 28.8 Å². The summed E-state index contributed by atoms with van der Waals surface area (Å²) in [4.78, 5) is 17.3. The Morgan fingerprint density at radius 1 is 1.35 bits per heavy atom. The zero-order valence-corrected chi connectivity index (χ0v) is 13.1. The zero-order chi connectivity index (χ0) is 16.2. The maximum Gasteiger partial charge on any atom is 0.293 e. The van der Waals surface area contributed by atoms with Crippen molar-refractivity contribution in [3.8, 4) is 17.1 Å². The number of hydroxylamine groups is 1. The van der Waals surface area contributed by atoms with Gasteiger partial charge in [-0.05, 0) is 31.2 Å². The highest BCUT2D eigenvalue weighted by atomic mass is 35.5. The van der Waals surface area contributed by atoms with Crippen LogP contribution in [0.3, 0.4) is 0 Å². The van der Waals surface area contributed by atoms with Crippen molar-refractivity contribution >= 4 is 17.5 Å². The Kier molecular flexibility index (Phi) is 4.45. The minimum atomic E-state index is -0.419. The van der Waals surface area contributed by atoms with Crippen LogP contribution in [-0.4, -0.2) is 22.3 Å². The van der Waals surface area contributed by atoms with Gasteiger partial charge in [-0.2, -0.15) is 5.10 Å². The smallest absolute Gasteiger partial charge is 0.293 e. The normalized spacial score (nSPS) is 10.7. The first-order chi connectivity index (χ1) is 11.2. The van der Waals surface area contributed by atoms with Crippen molar-refractivity contribution in [2.24, 2.45) is 0 Å². The van der Waals surface area contributed by atoms with Crippen molar-refractivity contribution in [2.75, 3.05) is 6.61 Å². The SMILES string of the molecule is CCONC(=O)c1cc(-c2ccco2)nn1-c1ccccc1Cl. The van der Waals surface area contributed by atoms with Gasteiger partial charge in [0.25, 0.3) is 5.91 Å². The Hall–Kier alpha value is -2.57. The molecule has 0 unspecified atom stereocenters. The number of halogens is 1. The Balaban J connectivity index is 2.09. The van der Waals surface area contributed by atoms with Crippen molar-refractivity contribution in [2.45, 2.75) is 6.92 Å². The molecule has 0 radical (unpaired) electrons. The third kappa shape index (κ3) is 3.13. The molecule has 2 heterocycles. The second kappa shape index (κ2) is 6.68. The first-order valence-corrected chi connectivity index (χ1v) is 7.39. The van der Waals surface area contributed by atoms with E-state index >= 15 is 0 Å². The van der Waals surface area contributed by atoms with Crippen LogP contribution in [0.5, 0.6) is 0 Å². The molecule has 0 spiro atoms. The van der Waals surface area contributed by atoms with Gasteiger partial charge in [0, 0.05) is 6.07 Å². The van der Waals surface area contributed by atoms with Crippen LogP contribution >= 0.6 is 11.6 Å². The Bertz CT molecular complexity index is 812. The molecule has 1 N–H and O–H groups in total. The number of carbonyl (C=O) groups is 1. The molecule has 0 aliphatic heterocycles. The molecule has 0 atom stereocenters. The highest BCUT2D eigenvalue weighted by molar-refractivity contribution is 6.32. The fourth-order valence-electron chi connectivity index (χ4n) is 2.08. The molecule has 2 aromatic heterocycles. The number of rotatable bonds is 5.